The largest absolute Gasteiger partial charge is 0.344 e. The number of piperazine rings is 1. The summed E-state index contributed by atoms with van der Waals surface area (Å²) in [7, 11) is 0. The fraction of sp³-hybridized carbons (Fsp3) is 0.524. The highest BCUT2D eigenvalue weighted by molar-refractivity contribution is 7.99. The van der Waals surface area contributed by atoms with Crippen molar-refractivity contribution in [2.45, 2.75) is 38.1 Å². The van der Waals surface area contributed by atoms with Gasteiger partial charge in [-0.2, -0.15) is 4.68 Å². The van der Waals surface area contributed by atoms with Crippen LogP contribution in [0.5, 0.6) is 0 Å². The number of rotatable bonds is 5. The van der Waals surface area contributed by atoms with Gasteiger partial charge in [0.05, 0.1) is 0 Å². The third kappa shape index (κ3) is 4.90. The molecule has 1 saturated carbocycles. The molecule has 8 heteroatoms. The van der Waals surface area contributed by atoms with Crippen LogP contribution in [0.3, 0.4) is 0 Å². The van der Waals surface area contributed by atoms with E-state index in [1.807, 2.05) is 17.2 Å². The molecule has 2 aliphatic rings. The van der Waals surface area contributed by atoms with E-state index in [4.69, 9.17) is 11.6 Å². The minimum absolute atomic E-state index is 0.0613. The first-order valence-electron chi connectivity index (χ1n) is 10.3. The number of aromatic nitrogens is 2. The van der Waals surface area contributed by atoms with Crippen molar-refractivity contribution in [3.05, 3.63) is 46.6 Å². The molecule has 2 aromatic rings. The Hall–Kier alpha value is -1.70. The fourth-order valence-electron chi connectivity index (χ4n) is 4.33. The topological polar surface area (TPSA) is 53.4 Å². The zero-order valence-electron chi connectivity index (χ0n) is 16.8. The summed E-state index contributed by atoms with van der Waals surface area (Å²) in [4.78, 5) is 17.0. The number of hydrogen-bond donors (Lipinski definition) is 1. The maximum atomic E-state index is 12.7. The highest BCUT2D eigenvalue weighted by Gasteiger charge is 2.24. The van der Waals surface area contributed by atoms with Crippen molar-refractivity contribution in [3.63, 3.8) is 0 Å². The Bertz CT molecular complexity index is 843. The van der Waals surface area contributed by atoms with Gasteiger partial charge in [-0.25, -0.2) is 4.79 Å². The lowest BCUT2D eigenvalue weighted by Crippen LogP contribution is -2.49. The van der Waals surface area contributed by atoms with Crippen molar-refractivity contribution >= 4 is 35.4 Å². The average Bonchev–Trinajstić information content (AvgIpc) is 3.42. The lowest BCUT2D eigenvalue weighted by molar-refractivity contribution is 0.134. The molecule has 29 heavy (non-hydrogen) atoms. The number of hydrogen-bond acceptors (Lipinski definition) is 5. The molecule has 156 valence electrons. The van der Waals surface area contributed by atoms with Gasteiger partial charge < -0.3 is 9.62 Å². The van der Waals surface area contributed by atoms with Gasteiger partial charge in [-0.3, -0.25) is 4.90 Å². The number of benzene rings is 1. The second-order valence-electron chi connectivity index (χ2n) is 7.83. The van der Waals surface area contributed by atoms with Crippen LogP contribution in [0.1, 0.15) is 42.7 Å². The molecule has 0 spiro atoms. The second-order valence-corrected chi connectivity index (χ2v) is 8.85. The number of carbonyl (C=O) groups excluding carboxylic acids is 1. The first-order valence-corrected chi connectivity index (χ1v) is 11.9. The first kappa shape index (κ1) is 20.6. The van der Waals surface area contributed by atoms with Gasteiger partial charge in [-0.1, -0.05) is 48.5 Å². The van der Waals surface area contributed by atoms with Crippen LogP contribution in [0, 0.1) is 0 Å². The number of halogens is 1. The Morgan fingerprint density at radius 2 is 1.97 bits per heavy atom. The molecule has 1 aliphatic carbocycles. The number of anilines is 1. The molecule has 1 aromatic carbocycles. The van der Waals surface area contributed by atoms with Gasteiger partial charge in [0, 0.05) is 56.3 Å². The zero-order chi connectivity index (χ0) is 20.2. The normalized spacial score (nSPS) is 18.3. The van der Waals surface area contributed by atoms with Gasteiger partial charge in [-0.05, 0) is 36.0 Å². The quantitative estimate of drug-likeness (QED) is 0.694. The zero-order valence-corrected chi connectivity index (χ0v) is 18.4. The van der Waals surface area contributed by atoms with Gasteiger partial charge in [0.1, 0.15) is 0 Å². The van der Waals surface area contributed by atoms with Crippen molar-refractivity contribution < 1.29 is 4.79 Å². The van der Waals surface area contributed by atoms with Crippen molar-refractivity contribution in [1.82, 2.24) is 19.6 Å². The smallest absolute Gasteiger partial charge is 0.320 e. The molecule has 1 saturated heterocycles. The van der Waals surface area contributed by atoms with E-state index in [0.717, 1.165) is 24.7 Å². The SMILES string of the molecule is CSNc1ccn(C(=O)N2CCN(Cc3ccc(Cl)c(C4CCCC4)c3)CC2)n1. The second kappa shape index (κ2) is 9.41. The number of amides is 1. The Kier molecular flexibility index (Phi) is 6.67. The Balaban J connectivity index is 1.33. The third-order valence-electron chi connectivity index (χ3n) is 5.90. The van der Waals surface area contributed by atoms with Crippen molar-refractivity contribution in [3.8, 4) is 0 Å². The summed E-state index contributed by atoms with van der Waals surface area (Å²) in [6, 6.07) is 8.26. The molecule has 1 aromatic heterocycles. The maximum Gasteiger partial charge on any atom is 0.344 e. The molecule has 0 bridgehead atoms. The van der Waals surface area contributed by atoms with E-state index in [-0.39, 0.29) is 6.03 Å². The molecule has 1 aliphatic heterocycles. The Labute approximate surface area is 181 Å². The van der Waals surface area contributed by atoms with E-state index >= 15 is 0 Å². The van der Waals surface area contributed by atoms with E-state index in [9.17, 15) is 4.79 Å². The highest BCUT2D eigenvalue weighted by Crippen LogP contribution is 2.38. The summed E-state index contributed by atoms with van der Waals surface area (Å²) in [5.41, 5.74) is 2.64. The summed E-state index contributed by atoms with van der Waals surface area (Å²) in [6.45, 7) is 4.07. The number of carbonyl (C=O) groups is 1. The van der Waals surface area contributed by atoms with Crippen LogP contribution in [-0.4, -0.2) is 58.0 Å². The van der Waals surface area contributed by atoms with E-state index < -0.39 is 0 Å². The molecule has 1 N–H and O–H groups in total. The molecule has 0 unspecified atom stereocenters. The van der Waals surface area contributed by atoms with E-state index in [2.05, 4.69) is 32.9 Å². The molecule has 1 amide bonds. The van der Waals surface area contributed by atoms with Crippen LogP contribution in [0.15, 0.2) is 30.5 Å². The van der Waals surface area contributed by atoms with Crippen LogP contribution >= 0.6 is 23.5 Å². The lowest BCUT2D eigenvalue weighted by Gasteiger charge is -2.34. The average molecular weight is 434 g/mol. The molecule has 6 nitrogen and oxygen atoms in total. The van der Waals surface area contributed by atoms with Crippen LogP contribution in [0.4, 0.5) is 10.6 Å². The van der Waals surface area contributed by atoms with Crippen molar-refractivity contribution in [2.75, 3.05) is 37.2 Å². The molecule has 0 atom stereocenters. The molecule has 4 rings (SSSR count). The molecule has 2 heterocycles. The van der Waals surface area contributed by atoms with Crippen molar-refractivity contribution in [1.29, 1.82) is 0 Å². The molecular weight excluding hydrogens is 406 g/mol. The lowest BCUT2D eigenvalue weighted by atomic mass is 9.95. The first-order chi connectivity index (χ1) is 14.1. The minimum atomic E-state index is -0.0613. The monoisotopic (exact) mass is 433 g/mol. The minimum Gasteiger partial charge on any atom is -0.320 e. The van der Waals surface area contributed by atoms with E-state index in [1.54, 1.807) is 6.20 Å². The van der Waals surface area contributed by atoms with E-state index in [0.29, 0.717) is 24.8 Å². The maximum absolute atomic E-state index is 12.7. The Morgan fingerprint density at radius 3 is 2.69 bits per heavy atom. The van der Waals surface area contributed by atoms with Gasteiger partial charge in [0.2, 0.25) is 0 Å². The number of nitrogens with zero attached hydrogens (tertiary/aromatic N) is 4. The van der Waals surface area contributed by atoms with Crippen LogP contribution in [-0.2, 0) is 6.54 Å². The fourth-order valence-corrected chi connectivity index (χ4v) is 4.92. The predicted molar refractivity (Wildman–Crippen MR) is 120 cm³/mol. The van der Waals surface area contributed by atoms with Crippen LogP contribution in [0.25, 0.3) is 0 Å². The summed E-state index contributed by atoms with van der Waals surface area (Å²) >= 11 is 7.94. The summed E-state index contributed by atoms with van der Waals surface area (Å²) in [5, 5.41) is 5.19. The van der Waals surface area contributed by atoms with Crippen LogP contribution < -0.4 is 4.72 Å². The van der Waals surface area contributed by atoms with Gasteiger partial charge in [0.25, 0.3) is 0 Å². The van der Waals surface area contributed by atoms with Gasteiger partial charge >= 0.3 is 6.03 Å². The van der Waals surface area contributed by atoms with Gasteiger partial charge in [0.15, 0.2) is 5.82 Å². The molecular formula is C21H28ClN5OS. The van der Waals surface area contributed by atoms with Crippen LogP contribution in [0.2, 0.25) is 5.02 Å². The molecule has 2 fully saturated rings. The third-order valence-corrected chi connectivity index (χ3v) is 6.65. The summed E-state index contributed by atoms with van der Waals surface area (Å²) < 4.78 is 4.46. The van der Waals surface area contributed by atoms with Gasteiger partial charge in [-0.15, -0.1) is 5.10 Å². The number of nitrogens with one attached hydrogen (secondary N) is 1. The standard InChI is InChI=1S/C21H28ClN5OS/c1-29-24-20-8-9-27(23-20)21(28)26-12-10-25(11-13-26)15-16-6-7-19(22)18(14-16)17-4-2-3-5-17/h6-9,14,17H,2-5,10-13,15H2,1H3,(H,23,24). The van der Waals surface area contributed by atoms with E-state index in [1.165, 1.54) is 53.4 Å². The Morgan fingerprint density at radius 1 is 1.21 bits per heavy atom. The predicted octanol–water partition coefficient (Wildman–Crippen LogP) is 4.67. The van der Waals surface area contributed by atoms with Crippen molar-refractivity contribution in [2.24, 2.45) is 0 Å². The summed E-state index contributed by atoms with van der Waals surface area (Å²) in [6.07, 6.45) is 8.78. The highest BCUT2D eigenvalue weighted by atomic mass is 35.5. The summed E-state index contributed by atoms with van der Waals surface area (Å²) in [5.74, 6) is 1.32. The molecule has 0 radical (unpaired) electrons.